The standard InChI is InChI=1S/C23H23N3O6S/c1-17-13-21(11-12-22(17)32-2)33(30,31)25(15-18-7-4-3-5-8-18)16-23(27)24-19-9-6-10-20(14-19)26(28)29/h3-14H,15-16H2,1-2H3,(H,24,27). The minimum Gasteiger partial charge on any atom is -0.496 e. The second kappa shape index (κ2) is 10.2. The Kier molecular flexibility index (Phi) is 7.41. The molecule has 0 bridgehead atoms. The molecule has 1 amide bonds. The molecule has 33 heavy (non-hydrogen) atoms. The van der Waals surface area contributed by atoms with Crippen LogP contribution in [0.15, 0.2) is 77.7 Å². The van der Waals surface area contributed by atoms with Crippen molar-refractivity contribution in [2.24, 2.45) is 0 Å². The highest BCUT2D eigenvalue weighted by Gasteiger charge is 2.27. The first-order valence-electron chi connectivity index (χ1n) is 9.93. The number of carbonyl (C=O) groups excluding carboxylic acids is 1. The van der Waals surface area contributed by atoms with Gasteiger partial charge in [0.2, 0.25) is 15.9 Å². The summed E-state index contributed by atoms with van der Waals surface area (Å²) in [5.74, 6) is -0.0767. The second-order valence-electron chi connectivity index (χ2n) is 7.25. The fourth-order valence-electron chi connectivity index (χ4n) is 3.23. The maximum absolute atomic E-state index is 13.4. The quantitative estimate of drug-likeness (QED) is 0.377. The summed E-state index contributed by atoms with van der Waals surface area (Å²) < 4.78 is 33.1. The number of anilines is 1. The van der Waals surface area contributed by atoms with Gasteiger partial charge in [-0.3, -0.25) is 14.9 Å². The summed E-state index contributed by atoms with van der Waals surface area (Å²) in [6.45, 7) is 1.22. The molecular formula is C23H23N3O6S. The summed E-state index contributed by atoms with van der Waals surface area (Å²) in [4.78, 5) is 23.2. The topological polar surface area (TPSA) is 119 Å². The number of hydrogen-bond acceptors (Lipinski definition) is 6. The van der Waals surface area contributed by atoms with Crippen molar-refractivity contribution >= 4 is 27.3 Å². The van der Waals surface area contributed by atoms with Gasteiger partial charge in [-0.25, -0.2) is 8.42 Å². The number of nitrogens with one attached hydrogen (secondary N) is 1. The summed E-state index contributed by atoms with van der Waals surface area (Å²) in [6, 6.07) is 18.8. The summed E-state index contributed by atoms with van der Waals surface area (Å²) >= 11 is 0. The summed E-state index contributed by atoms with van der Waals surface area (Å²) in [5.41, 5.74) is 1.36. The Bertz CT molecular complexity index is 1260. The van der Waals surface area contributed by atoms with Crippen LogP contribution in [0.3, 0.4) is 0 Å². The van der Waals surface area contributed by atoms with Gasteiger partial charge in [0.1, 0.15) is 5.75 Å². The van der Waals surface area contributed by atoms with E-state index in [-0.39, 0.29) is 22.8 Å². The predicted molar refractivity (Wildman–Crippen MR) is 123 cm³/mol. The molecule has 172 valence electrons. The number of nitrogens with zero attached hydrogens (tertiary/aromatic N) is 2. The van der Waals surface area contributed by atoms with Crippen LogP contribution in [-0.4, -0.2) is 37.2 Å². The SMILES string of the molecule is COc1ccc(S(=O)(=O)N(CC(=O)Nc2cccc([N+](=O)[O-])c2)Cc2ccccc2)cc1C. The molecule has 0 aliphatic carbocycles. The third-order valence-corrected chi connectivity index (χ3v) is 6.65. The Morgan fingerprint density at radius 2 is 1.79 bits per heavy atom. The van der Waals surface area contributed by atoms with Crippen molar-refractivity contribution in [3.05, 3.63) is 94.0 Å². The first-order chi connectivity index (χ1) is 15.7. The lowest BCUT2D eigenvalue weighted by Crippen LogP contribution is -2.37. The van der Waals surface area contributed by atoms with Crippen molar-refractivity contribution in [3.63, 3.8) is 0 Å². The van der Waals surface area contributed by atoms with Gasteiger partial charge in [0.05, 0.1) is 23.5 Å². The van der Waals surface area contributed by atoms with Crippen LogP contribution in [-0.2, 0) is 21.4 Å². The number of rotatable bonds is 9. The molecule has 3 aromatic rings. The molecule has 0 saturated heterocycles. The van der Waals surface area contributed by atoms with Crippen molar-refractivity contribution in [3.8, 4) is 5.75 Å². The lowest BCUT2D eigenvalue weighted by molar-refractivity contribution is -0.384. The number of hydrogen-bond donors (Lipinski definition) is 1. The Balaban J connectivity index is 1.89. The van der Waals surface area contributed by atoms with Gasteiger partial charge in [-0.05, 0) is 42.3 Å². The highest BCUT2D eigenvalue weighted by atomic mass is 32.2. The third kappa shape index (κ3) is 5.93. The van der Waals surface area contributed by atoms with E-state index in [4.69, 9.17) is 4.74 Å². The zero-order chi connectivity index (χ0) is 24.0. The van der Waals surface area contributed by atoms with E-state index in [0.29, 0.717) is 16.9 Å². The molecule has 10 heteroatoms. The molecule has 0 aromatic heterocycles. The molecule has 1 N–H and O–H groups in total. The number of aryl methyl sites for hydroxylation is 1. The molecule has 0 saturated carbocycles. The minimum atomic E-state index is -4.05. The Morgan fingerprint density at radius 1 is 1.06 bits per heavy atom. The van der Waals surface area contributed by atoms with Crippen LogP contribution in [0.5, 0.6) is 5.75 Å². The van der Waals surface area contributed by atoms with Gasteiger partial charge >= 0.3 is 0 Å². The van der Waals surface area contributed by atoms with E-state index in [1.165, 1.54) is 43.5 Å². The molecule has 0 unspecified atom stereocenters. The lowest BCUT2D eigenvalue weighted by Gasteiger charge is -2.22. The van der Waals surface area contributed by atoms with Gasteiger partial charge in [-0.1, -0.05) is 36.4 Å². The average molecular weight is 470 g/mol. The maximum atomic E-state index is 13.4. The molecule has 0 atom stereocenters. The third-order valence-electron chi connectivity index (χ3n) is 4.87. The smallest absolute Gasteiger partial charge is 0.271 e. The molecule has 0 radical (unpaired) electrons. The van der Waals surface area contributed by atoms with Crippen molar-refractivity contribution < 1.29 is 22.9 Å². The van der Waals surface area contributed by atoms with E-state index in [1.807, 2.05) is 6.07 Å². The monoisotopic (exact) mass is 469 g/mol. The van der Waals surface area contributed by atoms with E-state index >= 15 is 0 Å². The molecule has 0 spiro atoms. The number of ether oxygens (including phenoxy) is 1. The highest BCUT2D eigenvalue weighted by molar-refractivity contribution is 7.89. The Hall–Kier alpha value is -3.76. The zero-order valence-electron chi connectivity index (χ0n) is 18.1. The number of benzene rings is 3. The maximum Gasteiger partial charge on any atom is 0.271 e. The van der Waals surface area contributed by atoms with E-state index in [2.05, 4.69) is 5.32 Å². The number of amides is 1. The normalized spacial score (nSPS) is 11.2. The van der Waals surface area contributed by atoms with Gasteiger partial charge < -0.3 is 10.1 Å². The van der Waals surface area contributed by atoms with Gasteiger partial charge in [0.15, 0.2) is 0 Å². The number of nitro groups is 1. The predicted octanol–water partition coefficient (Wildman–Crippen LogP) is 3.74. The number of non-ortho nitro benzene ring substituents is 1. The van der Waals surface area contributed by atoms with E-state index < -0.39 is 27.4 Å². The molecule has 3 aromatic carbocycles. The van der Waals surface area contributed by atoms with Crippen LogP contribution in [0.25, 0.3) is 0 Å². The summed E-state index contributed by atoms with van der Waals surface area (Å²) in [6.07, 6.45) is 0. The van der Waals surface area contributed by atoms with Crippen LogP contribution in [0.1, 0.15) is 11.1 Å². The largest absolute Gasteiger partial charge is 0.496 e. The molecule has 0 heterocycles. The van der Waals surface area contributed by atoms with Gasteiger partial charge in [-0.2, -0.15) is 4.31 Å². The van der Waals surface area contributed by atoms with Crippen molar-refractivity contribution in [1.82, 2.24) is 4.31 Å². The lowest BCUT2D eigenvalue weighted by atomic mass is 10.2. The fourth-order valence-corrected chi connectivity index (χ4v) is 4.70. The molecule has 3 rings (SSSR count). The van der Waals surface area contributed by atoms with Crippen LogP contribution >= 0.6 is 0 Å². The number of methoxy groups -OCH3 is 1. The number of carbonyl (C=O) groups is 1. The number of sulfonamides is 1. The van der Waals surface area contributed by atoms with Crippen LogP contribution < -0.4 is 10.1 Å². The minimum absolute atomic E-state index is 0.0277. The van der Waals surface area contributed by atoms with Gasteiger partial charge in [0.25, 0.3) is 5.69 Å². The summed E-state index contributed by atoms with van der Waals surface area (Å²) in [5, 5.41) is 13.5. The van der Waals surface area contributed by atoms with E-state index in [1.54, 1.807) is 37.3 Å². The molecule has 0 aliphatic rings. The Labute approximate surface area is 191 Å². The highest BCUT2D eigenvalue weighted by Crippen LogP contribution is 2.25. The first-order valence-corrected chi connectivity index (χ1v) is 11.4. The second-order valence-corrected chi connectivity index (χ2v) is 9.18. The molecule has 0 fully saturated rings. The molecule has 0 aliphatic heterocycles. The molecule has 9 nitrogen and oxygen atoms in total. The zero-order valence-corrected chi connectivity index (χ0v) is 18.9. The van der Waals surface area contributed by atoms with E-state index in [9.17, 15) is 23.3 Å². The number of nitro benzene ring substituents is 1. The summed E-state index contributed by atoms with van der Waals surface area (Å²) in [7, 11) is -2.55. The van der Waals surface area contributed by atoms with Crippen molar-refractivity contribution in [1.29, 1.82) is 0 Å². The fraction of sp³-hybridized carbons (Fsp3) is 0.174. The van der Waals surface area contributed by atoms with Gasteiger partial charge in [0, 0.05) is 24.4 Å². The van der Waals surface area contributed by atoms with Crippen molar-refractivity contribution in [2.75, 3.05) is 19.0 Å². The van der Waals surface area contributed by atoms with Crippen LogP contribution in [0.2, 0.25) is 0 Å². The average Bonchev–Trinajstić information content (AvgIpc) is 2.79. The molecular weight excluding hydrogens is 446 g/mol. The van der Waals surface area contributed by atoms with Crippen molar-refractivity contribution in [2.45, 2.75) is 18.4 Å². The van der Waals surface area contributed by atoms with Gasteiger partial charge in [-0.15, -0.1) is 0 Å². The Morgan fingerprint density at radius 3 is 2.42 bits per heavy atom. The van der Waals surface area contributed by atoms with Crippen LogP contribution in [0, 0.1) is 17.0 Å². The van der Waals surface area contributed by atoms with E-state index in [0.717, 1.165) is 4.31 Å². The first kappa shape index (κ1) is 23.9. The van der Waals surface area contributed by atoms with Crippen LogP contribution in [0.4, 0.5) is 11.4 Å².